The van der Waals surface area contributed by atoms with Crippen LogP contribution in [0.5, 0.6) is 0 Å². The molecule has 280 valence electrons. The fourth-order valence-electron chi connectivity index (χ4n) is 8.88. The second-order valence-corrected chi connectivity index (χ2v) is 16.2. The maximum Gasteiger partial charge on any atom is 0.164 e. The molecule has 0 N–H and O–H groups in total. The Bertz CT molecular complexity index is 3560. The SMILES string of the molecule is c1ccc(-c2nc(-c3cccc(-c4cccc5c4sc4ccccc45)c3)nc(-c3ccc(-c4cccc5ccccc45)c(-n4c5ccccc5c5ccccc54)c3)n2)cc1. The summed E-state index contributed by atoms with van der Waals surface area (Å²) < 4.78 is 4.97. The first-order valence-electron chi connectivity index (χ1n) is 20.2. The van der Waals surface area contributed by atoms with Gasteiger partial charge in [0.1, 0.15) is 0 Å². The number of hydrogen-bond donors (Lipinski definition) is 0. The molecule has 60 heavy (non-hydrogen) atoms. The van der Waals surface area contributed by atoms with Crippen molar-refractivity contribution >= 4 is 64.1 Å². The van der Waals surface area contributed by atoms with E-state index in [0.29, 0.717) is 17.5 Å². The monoisotopic (exact) mass is 782 g/mol. The predicted molar refractivity (Wildman–Crippen MR) is 252 cm³/mol. The molecule has 0 radical (unpaired) electrons. The molecule has 4 nitrogen and oxygen atoms in total. The summed E-state index contributed by atoms with van der Waals surface area (Å²) in [6.45, 7) is 0. The number of hydrogen-bond acceptors (Lipinski definition) is 4. The van der Waals surface area contributed by atoms with Crippen LogP contribution in [-0.4, -0.2) is 19.5 Å². The third-order valence-corrected chi connectivity index (χ3v) is 12.9. The minimum atomic E-state index is 0.613. The largest absolute Gasteiger partial charge is 0.309 e. The van der Waals surface area contributed by atoms with Crippen LogP contribution in [0.2, 0.25) is 0 Å². The van der Waals surface area contributed by atoms with E-state index in [2.05, 4.69) is 193 Å². The van der Waals surface area contributed by atoms with Crippen molar-refractivity contribution in [2.45, 2.75) is 0 Å². The highest BCUT2D eigenvalue weighted by Gasteiger charge is 2.20. The van der Waals surface area contributed by atoms with Crippen LogP contribution < -0.4 is 0 Å². The number of rotatable bonds is 6. The molecule has 0 unspecified atom stereocenters. The van der Waals surface area contributed by atoms with Crippen molar-refractivity contribution in [3.63, 3.8) is 0 Å². The molecule has 0 aliphatic carbocycles. The van der Waals surface area contributed by atoms with Crippen LogP contribution in [0.1, 0.15) is 0 Å². The molecule has 0 aliphatic heterocycles. The molecule has 0 atom stereocenters. The average molecular weight is 783 g/mol. The Balaban J connectivity index is 1.08. The highest BCUT2D eigenvalue weighted by atomic mass is 32.1. The smallest absolute Gasteiger partial charge is 0.164 e. The lowest BCUT2D eigenvalue weighted by molar-refractivity contribution is 1.07. The zero-order valence-corrected chi connectivity index (χ0v) is 33.1. The molecular weight excluding hydrogens is 749 g/mol. The fraction of sp³-hybridized carbons (Fsp3) is 0. The Morgan fingerprint density at radius 1 is 0.333 bits per heavy atom. The van der Waals surface area contributed by atoms with Gasteiger partial charge in [-0.1, -0.05) is 176 Å². The van der Waals surface area contributed by atoms with Gasteiger partial charge in [-0.2, -0.15) is 0 Å². The molecule has 0 saturated carbocycles. The van der Waals surface area contributed by atoms with Crippen molar-refractivity contribution in [2.24, 2.45) is 0 Å². The summed E-state index contributed by atoms with van der Waals surface area (Å²) in [5, 5.41) is 7.39. The molecule has 5 heteroatoms. The first kappa shape index (κ1) is 34.3. The van der Waals surface area contributed by atoms with Gasteiger partial charge in [-0.15, -0.1) is 11.3 Å². The van der Waals surface area contributed by atoms with E-state index in [4.69, 9.17) is 15.0 Å². The van der Waals surface area contributed by atoms with E-state index in [1.54, 1.807) is 0 Å². The van der Waals surface area contributed by atoms with Gasteiger partial charge in [0.05, 0.1) is 16.7 Å². The molecule has 12 aromatic rings. The number of benzene rings is 9. The Labute approximate surface area is 350 Å². The zero-order valence-electron chi connectivity index (χ0n) is 32.3. The van der Waals surface area contributed by atoms with Crippen LogP contribution in [-0.2, 0) is 0 Å². The molecule has 0 aliphatic rings. The van der Waals surface area contributed by atoms with Crippen molar-refractivity contribution in [1.29, 1.82) is 0 Å². The van der Waals surface area contributed by atoms with Gasteiger partial charge in [0, 0.05) is 53.2 Å². The lowest BCUT2D eigenvalue weighted by Gasteiger charge is -2.17. The van der Waals surface area contributed by atoms with Gasteiger partial charge in [-0.3, -0.25) is 0 Å². The molecule has 3 heterocycles. The van der Waals surface area contributed by atoms with Gasteiger partial charge in [0.2, 0.25) is 0 Å². The van der Waals surface area contributed by atoms with E-state index in [-0.39, 0.29) is 0 Å². The van der Waals surface area contributed by atoms with Crippen molar-refractivity contribution in [3.8, 4) is 62.1 Å². The fourth-order valence-corrected chi connectivity index (χ4v) is 10.1. The van der Waals surface area contributed by atoms with Gasteiger partial charge in [-0.05, 0) is 57.8 Å². The average Bonchev–Trinajstić information content (AvgIpc) is 3.87. The van der Waals surface area contributed by atoms with E-state index in [9.17, 15) is 0 Å². The number of thiophene rings is 1. The van der Waals surface area contributed by atoms with Crippen LogP contribution in [0.25, 0.3) is 115 Å². The van der Waals surface area contributed by atoms with E-state index in [1.165, 1.54) is 52.8 Å². The van der Waals surface area contributed by atoms with E-state index in [0.717, 1.165) is 44.5 Å². The summed E-state index contributed by atoms with van der Waals surface area (Å²) in [7, 11) is 0. The normalized spacial score (nSPS) is 11.7. The number of nitrogens with zero attached hydrogens (tertiary/aromatic N) is 4. The molecule has 0 fully saturated rings. The molecule has 9 aromatic carbocycles. The summed E-state index contributed by atoms with van der Waals surface area (Å²) in [4.78, 5) is 15.7. The minimum Gasteiger partial charge on any atom is -0.309 e. The Kier molecular flexibility index (Phi) is 8.00. The molecule has 0 saturated heterocycles. The number of aromatic nitrogens is 4. The van der Waals surface area contributed by atoms with Gasteiger partial charge in [0.25, 0.3) is 0 Å². The van der Waals surface area contributed by atoms with Gasteiger partial charge >= 0.3 is 0 Å². The molecular formula is C55H34N4S. The molecule has 12 rings (SSSR count). The van der Waals surface area contributed by atoms with Gasteiger partial charge in [0.15, 0.2) is 17.5 Å². The van der Waals surface area contributed by atoms with E-state index < -0.39 is 0 Å². The minimum absolute atomic E-state index is 0.613. The topological polar surface area (TPSA) is 43.6 Å². The Hall–Kier alpha value is -7.73. The Morgan fingerprint density at radius 3 is 1.65 bits per heavy atom. The van der Waals surface area contributed by atoms with Crippen molar-refractivity contribution in [1.82, 2.24) is 19.5 Å². The molecule has 0 bridgehead atoms. The Morgan fingerprint density at radius 2 is 0.867 bits per heavy atom. The summed E-state index contributed by atoms with van der Waals surface area (Å²) >= 11 is 1.84. The molecule has 0 amide bonds. The van der Waals surface area contributed by atoms with E-state index in [1.807, 2.05) is 29.5 Å². The lowest BCUT2D eigenvalue weighted by atomic mass is 9.95. The highest BCUT2D eigenvalue weighted by molar-refractivity contribution is 7.26. The summed E-state index contributed by atoms with van der Waals surface area (Å²) in [6, 6.07) is 73.3. The standard InChI is InChI=1S/C55H34N4S/c1-2-16-36(17-3-1)53-56-54(38-20-12-19-37(33-38)41-25-14-27-47-46-24-8-11-30-51(46)60-52(41)47)58-55(57-53)39-31-32-45(42-26-13-18-35-15-4-5-21-40(35)42)50(34-39)59-48-28-9-6-22-43(48)44-23-7-10-29-49(44)59/h1-34H. The highest BCUT2D eigenvalue weighted by Crippen LogP contribution is 2.42. The summed E-state index contributed by atoms with van der Waals surface area (Å²) in [6.07, 6.45) is 0. The van der Waals surface area contributed by atoms with Crippen LogP contribution in [0.15, 0.2) is 206 Å². The quantitative estimate of drug-likeness (QED) is 0.169. The molecule has 3 aromatic heterocycles. The third kappa shape index (κ3) is 5.63. The second kappa shape index (κ2) is 14.0. The van der Waals surface area contributed by atoms with Crippen LogP contribution >= 0.6 is 11.3 Å². The van der Waals surface area contributed by atoms with E-state index >= 15 is 0 Å². The molecule has 0 spiro atoms. The maximum atomic E-state index is 5.30. The van der Waals surface area contributed by atoms with Crippen LogP contribution in [0, 0.1) is 0 Å². The van der Waals surface area contributed by atoms with Crippen molar-refractivity contribution in [2.75, 3.05) is 0 Å². The lowest BCUT2D eigenvalue weighted by Crippen LogP contribution is -2.02. The van der Waals surface area contributed by atoms with Gasteiger partial charge < -0.3 is 4.57 Å². The van der Waals surface area contributed by atoms with Gasteiger partial charge in [-0.25, -0.2) is 15.0 Å². The summed E-state index contributed by atoms with van der Waals surface area (Å²) in [5.41, 5.74) is 10.7. The van der Waals surface area contributed by atoms with Crippen molar-refractivity contribution < 1.29 is 0 Å². The number of para-hydroxylation sites is 2. The maximum absolute atomic E-state index is 5.30. The predicted octanol–water partition coefficient (Wildman–Crippen LogP) is 14.8. The summed E-state index contributed by atoms with van der Waals surface area (Å²) in [5.74, 6) is 1.87. The number of fused-ring (bicyclic) bond motifs is 7. The zero-order chi connectivity index (χ0) is 39.6. The van der Waals surface area contributed by atoms with Crippen molar-refractivity contribution in [3.05, 3.63) is 206 Å². The van der Waals surface area contributed by atoms with Crippen LogP contribution in [0.4, 0.5) is 0 Å². The van der Waals surface area contributed by atoms with Crippen LogP contribution in [0.3, 0.4) is 0 Å². The first-order valence-corrected chi connectivity index (χ1v) is 21.0. The first-order chi connectivity index (χ1) is 29.7. The third-order valence-electron chi connectivity index (χ3n) is 11.7. The second-order valence-electron chi connectivity index (χ2n) is 15.2.